The highest BCUT2D eigenvalue weighted by Crippen LogP contribution is 2.29. The molecule has 0 bridgehead atoms. The number of aromatic nitrogens is 2. The molecule has 8 heteroatoms. The van der Waals surface area contributed by atoms with Gasteiger partial charge in [0, 0.05) is 6.07 Å². The Bertz CT molecular complexity index is 982. The molecule has 0 spiro atoms. The molecule has 2 aromatic carbocycles. The summed E-state index contributed by atoms with van der Waals surface area (Å²) in [5.74, 6) is -0.0465. The maximum Gasteiger partial charge on any atom is 0.338 e. The van der Waals surface area contributed by atoms with Gasteiger partial charge in [0.1, 0.15) is 11.5 Å². The van der Waals surface area contributed by atoms with Crippen molar-refractivity contribution in [3.8, 4) is 11.5 Å². The molecule has 140 valence electrons. The minimum absolute atomic E-state index is 0.327. The lowest BCUT2D eigenvalue weighted by Crippen LogP contribution is -2.30. The molecule has 0 aliphatic heterocycles. The second-order valence-corrected chi connectivity index (χ2v) is 5.74. The third kappa shape index (κ3) is 4.00. The molecule has 1 aromatic heterocycles. The molecule has 2 N–H and O–H groups in total. The molecule has 1 atom stereocenters. The summed E-state index contributed by atoms with van der Waals surface area (Å²) in [6.07, 6.45) is 0.541. The molecule has 27 heavy (non-hydrogen) atoms. The van der Waals surface area contributed by atoms with Gasteiger partial charge in [-0.25, -0.2) is 9.78 Å². The number of carbonyl (C=O) groups is 2. The Labute approximate surface area is 155 Å². The van der Waals surface area contributed by atoms with Gasteiger partial charge in [0.25, 0.3) is 5.91 Å². The van der Waals surface area contributed by atoms with Crippen LogP contribution in [0, 0.1) is 0 Å². The van der Waals surface area contributed by atoms with Crippen molar-refractivity contribution < 1.29 is 23.8 Å². The standard InChI is InChI=1S/C19H19N3O5/c1-11(18(23)22-15-7-5-13(25-2)9-17(15)26-3)27-19(24)12-4-6-14-16(8-12)21-10-20-14/h4-11H,1-3H3,(H,20,21)(H,22,23). The SMILES string of the molecule is COc1ccc(NC(=O)C(C)OC(=O)c2ccc3nc[nH]c3c2)c(OC)c1. The summed E-state index contributed by atoms with van der Waals surface area (Å²) < 4.78 is 15.6. The summed E-state index contributed by atoms with van der Waals surface area (Å²) in [5.41, 5.74) is 2.23. The minimum Gasteiger partial charge on any atom is -0.497 e. The smallest absolute Gasteiger partial charge is 0.338 e. The van der Waals surface area contributed by atoms with Crippen LogP contribution in [0.2, 0.25) is 0 Å². The molecule has 0 fully saturated rings. The van der Waals surface area contributed by atoms with Crippen LogP contribution in [-0.4, -0.2) is 42.2 Å². The maximum absolute atomic E-state index is 12.4. The molecule has 1 unspecified atom stereocenters. The summed E-state index contributed by atoms with van der Waals surface area (Å²) >= 11 is 0. The van der Waals surface area contributed by atoms with Crippen molar-refractivity contribution in [2.24, 2.45) is 0 Å². The van der Waals surface area contributed by atoms with E-state index in [1.807, 2.05) is 0 Å². The van der Waals surface area contributed by atoms with Crippen LogP contribution in [0.3, 0.4) is 0 Å². The van der Waals surface area contributed by atoms with Crippen LogP contribution >= 0.6 is 0 Å². The van der Waals surface area contributed by atoms with Crippen LogP contribution in [0.1, 0.15) is 17.3 Å². The van der Waals surface area contributed by atoms with Crippen molar-refractivity contribution in [1.29, 1.82) is 0 Å². The normalized spacial score (nSPS) is 11.7. The maximum atomic E-state index is 12.4. The molecular formula is C19H19N3O5. The molecule has 0 aliphatic rings. The number of carbonyl (C=O) groups excluding carboxylic acids is 2. The topological polar surface area (TPSA) is 103 Å². The highest BCUT2D eigenvalue weighted by molar-refractivity contribution is 5.99. The number of H-pyrrole nitrogens is 1. The largest absolute Gasteiger partial charge is 0.497 e. The van der Waals surface area contributed by atoms with E-state index in [1.54, 1.807) is 36.4 Å². The number of imidazole rings is 1. The highest BCUT2D eigenvalue weighted by atomic mass is 16.5. The fourth-order valence-corrected chi connectivity index (χ4v) is 2.48. The van der Waals surface area contributed by atoms with Gasteiger partial charge in [0.15, 0.2) is 6.10 Å². The third-order valence-corrected chi connectivity index (χ3v) is 3.98. The number of amides is 1. The number of rotatable bonds is 6. The average molecular weight is 369 g/mol. The molecule has 3 rings (SSSR count). The molecule has 0 aliphatic carbocycles. The van der Waals surface area contributed by atoms with Crippen LogP contribution in [0.25, 0.3) is 11.0 Å². The van der Waals surface area contributed by atoms with Gasteiger partial charge in [0.2, 0.25) is 0 Å². The Kier molecular flexibility index (Phi) is 5.25. The quantitative estimate of drug-likeness (QED) is 0.648. The second kappa shape index (κ2) is 7.77. The van der Waals surface area contributed by atoms with E-state index in [9.17, 15) is 9.59 Å². The zero-order valence-electron chi connectivity index (χ0n) is 15.1. The van der Waals surface area contributed by atoms with Gasteiger partial charge in [-0.05, 0) is 37.3 Å². The number of nitrogens with zero attached hydrogens (tertiary/aromatic N) is 1. The Morgan fingerprint density at radius 2 is 1.93 bits per heavy atom. The van der Waals surface area contributed by atoms with Gasteiger partial charge >= 0.3 is 5.97 Å². The van der Waals surface area contributed by atoms with E-state index in [-0.39, 0.29) is 0 Å². The molecule has 0 saturated carbocycles. The second-order valence-electron chi connectivity index (χ2n) is 5.74. The lowest BCUT2D eigenvalue weighted by Gasteiger charge is -2.15. The van der Waals surface area contributed by atoms with Gasteiger partial charge in [-0.15, -0.1) is 0 Å². The third-order valence-electron chi connectivity index (χ3n) is 3.98. The van der Waals surface area contributed by atoms with Crippen molar-refractivity contribution >= 4 is 28.6 Å². The fraction of sp³-hybridized carbons (Fsp3) is 0.211. The fourth-order valence-electron chi connectivity index (χ4n) is 2.48. The summed E-state index contributed by atoms with van der Waals surface area (Å²) in [7, 11) is 3.02. The van der Waals surface area contributed by atoms with Crippen molar-refractivity contribution in [1.82, 2.24) is 9.97 Å². The van der Waals surface area contributed by atoms with Crippen LogP contribution in [0.15, 0.2) is 42.7 Å². The van der Waals surface area contributed by atoms with Crippen molar-refractivity contribution in [2.75, 3.05) is 19.5 Å². The molecular weight excluding hydrogens is 350 g/mol. The number of hydrogen-bond acceptors (Lipinski definition) is 6. The number of ether oxygens (including phenoxy) is 3. The molecule has 3 aromatic rings. The van der Waals surface area contributed by atoms with Gasteiger partial charge in [0.05, 0.1) is 42.8 Å². The summed E-state index contributed by atoms with van der Waals surface area (Å²) in [5, 5.41) is 2.68. The summed E-state index contributed by atoms with van der Waals surface area (Å²) in [6.45, 7) is 1.50. The van der Waals surface area contributed by atoms with E-state index in [4.69, 9.17) is 14.2 Å². The zero-order valence-corrected chi connectivity index (χ0v) is 15.1. The Hall–Kier alpha value is -3.55. The first kappa shape index (κ1) is 18.2. The number of anilines is 1. The predicted molar refractivity (Wildman–Crippen MR) is 99.1 cm³/mol. The monoisotopic (exact) mass is 369 g/mol. The van der Waals surface area contributed by atoms with Gasteiger partial charge in [-0.3, -0.25) is 4.79 Å². The van der Waals surface area contributed by atoms with E-state index >= 15 is 0 Å². The first-order chi connectivity index (χ1) is 13.0. The number of hydrogen-bond donors (Lipinski definition) is 2. The zero-order chi connectivity index (χ0) is 19.4. The number of methoxy groups -OCH3 is 2. The molecule has 1 amide bonds. The lowest BCUT2D eigenvalue weighted by atomic mass is 10.2. The Morgan fingerprint density at radius 1 is 1.11 bits per heavy atom. The van der Waals surface area contributed by atoms with E-state index in [2.05, 4.69) is 15.3 Å². The van der Waals surface area contributed by atoms with E-state index in [0.29, 0.717) is 28.3 Å². The number of fused-ring (bicyclic) bond motifs is 1. The van der Waals surface area contributed by atoms with Crippen LogP contribution in [0.5, 0.6) is 11.5 Å². The average Bonchev–Trinajstić information content (AvgIpc) is 3.15. The highest BCUT2D eigenvalue weighted by Gasteiger charge is 2.20. The lowest BCUT2D eigenvalue weighted by molar-refractivity contribution is -0.123. The van der Waals surface area contributed by atoms with Crippen molar-refractivity contribution in [2.45, 2.75) is 13.0 Å². The van der Waals surface area contributed by atoms with E-state index < -0.39 is 18.0 Å². The predicted octanol–water partition coefficient (Wildman–Crippen LogP) is 2.76. The van der Waals surface area contributed by atoms with Gasteiger partial charge in [-0.2, -0.15) is 0 Å². The van der Waals surface area contributed by atoms with Crippen LogP contribution in [0.4, 0.5) is 5.69 Å². The summed E-state index contributed by atoms with van der Waals surface area (Å²) in [4.78, 5) is 31.7. The molecule has 0 saturated heterocycles. The molecule has 8 nitrogen and oxygen atoms in total. The number of benzene rings is 2. The van der Waals surface area contributed by atoms with E-state index in [1.165, 1.54) is 27.5 Å². The van der Waals surface area contributed by atoms with Gasteiger partial charge in [-0.1, -0.05) is 0 Å². The minimum atomic E-state index is -0.998. The number of aromatic amines is 1. The van der Waals surface area contributed by atoms with E-state index in [0.717, 1.165) is 5.52 Å². The Morgan fingerprint density at radius 3 is 2.67 bits per heavy atom. The molecule has 1 heterocycles. The summed E-state index contributed by atoms with van der Waals surface area (Å²) in [6, 6.07) is 9.91. The van der Waals surface area contributed by atoms with Crippen LogP contribution in [-0.2, 0) is 9.53 Å². The first-order valence-corrected chi connectivity index (χ1v) is 8.19. The number of nitrogens with one attached hydrogen (secondary N) is 2. The van der Waals surface area contributed by atoms with Gasteiger partial charge < -0.3 is 24.5 Å². The Balaban J connectivity index is 1.67. The number of esters is 1. The first-order valence-electron chi connectivity index (χ1n) is 8.19. The van der Waals surface area contributed by atoms with Crippen molar-refractivity contribution in [3.05, 3.63) is 48.3 Å². The molecule has 0 radical (unpaired) electrons. The van der Waals surface area contributed by atoms with Crippen molar-refractivity contribution in [3.63, 3.8) is 0 Å². The van der Waals surface area contributed by atoms with Crippen LogP contribution < -0.4 is 14.8 Å².